The van der Waals surface area contributed by atoms with Crippen molar-refractivity contribution in [1.82, 2.24) is 25.4 Å². The molecule has 6 nitrogen and oxygen atoms in total. The summed E-state index contributed by atoms with van der Waals surface area (Å²) in [5, 5.41) is 25.5. The lowest BCUT2D eigenvalue weighted by Crippen LogP contribution is -2.17. The van der Waals surface area contributed by atoms with E-state index < -0.39 is 0 Å². The van der Waals surface area contributed by atoms with Crippen molar-refractivity contribution in [1.29, 1.82) is 0 Å². The molecule has 0 saturated heterocycles. The molecule has 2 aromatic heterocycles. The van der Waals surface area contributed by atoms with Gasteiger partial charge in [0.05, 0.1) is 11.2 Å². The molecule has 6 heteroatoms. The molecular weight excluding hydrogens is 326 g/mol. The van der Waals surface area contributed by atoms with Crippen LogP contribution in [0.2, 0.25) is 0 Å². The summed E-state index contributed by atoms with van der Waals surface area (Å²) >= 11 is 0. The Morgan fingerprint density at radius 1 is 0.962 bits per heavy atom. The van der Waals surface area contributed by atoms with E-state index in [0.717, 1.165) is 40.0 Å². The second-order valence-corrected chi connectivity index (χ2v) is 7.12. The van der Waals surface area contributed by atoms with Crippen LogP contribution in [-0.4, -0.2) is 30.5 Å². The van der Waals surface area contributed by atoms with E-state index in [0.29, 0.717) is 5.82 Å². The van der Waals surface area contributed by atoms with E-state index in [1.807, 2.05) is 30.3 Å². The summed E-state index contributed by atoms with van der Waals surface area (Å²) in [5.41, 5.74) is 3.62. The highest BCUT2D eigenvalue weighted by molar-refractivity contribution is 5.95. The van der Waals surface area contributed by atoms with Gasteiger partial charge in [0.1, 0.15) is 11.6 Å². The first kappa shape index (κ1) is 16.3. The van der Waals surface area contributed by atoms with E-state index in [1.54, 1.807) is 12.1 Å². The Morgan fingerprint density at radius 2 is 1.69 bits per heavy atom. The summed E-state index contributed by atoms with van der Waals surface area (Å²) in [6.07, 6.45) is 0.980. The third kappa shape index (κ3) is 2.73. The fourth-order valence-corrected chi connectivity index (χ4v) is 2.85. The first-order valence-corrected chi connectivity index (χ1v) is 8.69. The van der Waals surface area contributed by atoms with Gasteiger partial charge in [0.25, 0.3) is 0 Å². The molecule has 0 atom stereocenters. The fourth-order valence-electron chi connectivity index (χ4n) is 2.85. The predicted molar refractivity (Wildman–Crippen MR) is 102 cm³/mol. The summed E-state index contributed by atoms with van der Waals surface area (Å²) < 4.78 is 0. The van der Waals surface area contributed by atoms with Gasteiger partial charge in [-0.3, -0.25) is 10.2 Å². The number of aromatic hydroxyl groups is 1. The van der Waals surface area contributed by atoms with Gasteiger partial charge in [-0.15, -0.1) is 0 Å². The first-order chi connectivity index (χ1) is 12.5. The Labute approximate surface area is 151 Å². The highest BCUT2D eigenvalue weighted by Crippen LogP contribution is 2.31. The zero-order valence-electron chi connectivity index (χ0n) is 15.0. The number of phenols is 1. The van der Waals surface area contributed by atoms with Gasteiger partial charge in [0.15, 0.2) is 5.82 Å². The van der Waals surface area contributed by atoms with Crippen LogP contribution in [-0.2, 0) is 5.41 Å². The van der Waals surface area contributed by atoms with Crippen LogP contribution in [0.1, 0.15) is 33.0 Å². The summed E-state index contributed by atoms with van der Waals surface area (Å²) in [5.74, 6) is 1.81. The van der Waals surface area contributed by atoms with Crippen molar-refractivity contribution in [3.8, 4) is 28.4 Å². The summed E-state index contributed by atoms with van der Waals surface area (Å²) in [4.78, 5) is 4.70. The smallest absolute Gasteiger partial charge is 0.181 e. The third-order valence-electron chi connectivity index (χ3n) is 4.97. The molecule has 0 amide bonds. The zero-order valence-corrected chi connectivity index (χ0v) is 15.0. The van der Waals surface area contributed by atoms with Crippen LogP contribution in [0.5, 0.6) is 5.75 Å². The molecule has 3 N–H and O–H groups in total. The van der Waals surface area contributed by atoms with Gasteiger partial charge in [0.2, 0.25) is 0 Å². The lowest BCUT2D eigenvalue weighted by Gasteiger charge is -2.18. The summed E-state index contributed by atoms with van der Waals surface area (Å²) in [6.45, 7) is 6.45. The van der Waals surface area contributed by atoms with Gasteiger partial charge in [-0.2, -0.15) is 10.2 Å². The third-order valence-corrected chi connectivity index (χ3v) is 4.97. The molecule has 2 heterocycles. The van der Waals surface area contributed by atoms with Gasteiger partial charge in [-0.1, -0.05) is 20.8 Å². The van der Waals surface area contributed by atoms with E-state index in [9.17, 15) is 5.11 Å². The molecule has 4 aromatic rings. The second kappa shape index (κ2) is 5.98. The van der Waals surface area contributed by atoms with Crippen molar-refractivity contribution in [3.05, 3.63) is 48.3 Å². The number of benzene rings is 2. The number of nitrogens with zero attached hydrogens (tertiary/aromatic N) is 3. The normalized spacial score (nSPS) is 12.0. The van der Waals surface area contributed by atoms with E-state index in [4.69, 9.17) is 4.98 Å². The maximum absolute atomic E-state index is 9.50. The van der Waals surface area contributed by atoms with Crippen LogP contribution in [0.25, 0.3) is 33.5 Å². The molecular formula is C20H21N5O. The molecule has 2 aromatic carbocycles. The van der Waals surface area contributed by atoms with E-state index >= 15 is 0 Å². The summed E-state index contributed by atoms with van der Waals surface area (Å²) in [7, 11) is 0. The number of H-pyrrole nitrogens is 2. The number of fused-ring (bicyclic) bond motifs is 1. The van der Waals surface area contributed by atoms with E-state index in [2.05, 4.69) is 41.2 Å². The van der Waals surface area contributed by atoms with E-state index in [1.165, 1.54) is 0 Å². The van der Waals surface area contributed by atoms with Gasteiger partial charge in [-0.25, -0.2) is 4.98 Å². The van der Waals surface area contributed by atoms with Crippen molar-refractivity contribution in [3.63, 3.8) is 0 Å². The average Bonchev–Trinajstić information content (AvgIpc) is 3.29. The van der Waals surface area contributed by atoms with Crippen LogP contribution < -0.4 is 0 Å². The fraction of sp³-hybridized carbons (Fsp3) is 0.250. The minimum absolute atomic E-state index is 0.0395. The maximum Gasteiger partial charge on any atom is 0.181 e. The molecule has 26 heavy (non-hydrogen) atoms. The maximum atomic E-state index is 9.50. The van der Waals surface area contributed by atoms with Gasteiger partial charge in [0, 0.05) is 21.9 Å². The number of phenolic OH excluding ortho intramolecular Hbond substituents is 1. The van der Waals surface area contributed by atoms with Crippen molar-refractivity contribution >= 4 is 10.9 Å². The minimum Gasteiger partial charge on any atom is -0.508 e. The molecule has 0 aliphatic rings. The lowest BCUT2D eigenvalue weighted by molar-refractivity contribution is 0.475. The first-order valence-electron chi connectivity index (χ1n) is 8.69. The van der Waals surface area contributed by atoms with Crippen LogP contribution in [0, 0.1) is 0 Å². The number of rotatable bonds is 4. The molecule has 0 bridgehead atoms. The van der Waals surface area contributed by atoms with Crippen LogP contribution in [0.4, 0.5) is 0 Å². The number of hydrogen-bond donors (Lipinski definition) is 3. The lowest BCUT2D eigenvalue weighted by atomic mass is 9.89. The summed E-state index contributed by atoms with van der Waals surface area (Å²) in [6, 6.07) is 13.1. The molecule has 132 valence electrons. The SMILES string of the molecule is CCC(C)(C)c1nc(-c2ccc3[nH]nc(-c4ccc(O)cc4)c3c2)n[nH]1. The molecule has 0 radical (unpaired) electrons. The van der Waals surface area contributed by atoms with Crippen molar-refractivity contribution in [2.24, 2.45) is 0 Å². The molecule has 0 aliphatic carbocycles. The Morgan fingerprint density at radius 3 is 2.42 bits per heavy atom. The average molecular weight is 347 g/mol. The molecule has 0 saturated carbocycles. The standard InChI is InChI=1S/C20H21N5O/c1-4-20(2,3)19-21-18(24-25-19)13-7-10-16-15(11-13)17(23-22-16)12-5-8-14(26)9-6-12/h5-11,26H,4H2,1-3H3,(H,22,23)(H,21,24,25). The van der Waals surface area contributed by atoms with Crippen LogP contribution in [0.3, 0.4) is 0 Å². The number of hydrogen-bond acceptors (Lipinski definition) is 4. The Bertz CT molecular complexity index is 1060. The molecule has 0 aliphatic heterocycles. The number of aromatic amines is 2. The number of aromatic nitrogens is 5. The number of nitrogens with one attached hydrogen (secondary N) is 2. The Kier molecular flexibility index (Phi) is 3.76. The highest BCUT2D eigenvalue weighted by atomic mass is 16.3. The largest absolute Gasteiger partial charge is 0.508 e. The monoisotopic (exact) mass is 347 g/mol. The van der Waals surface area contributed by atoms with E-state index in [-0.39, 0.29) is 11.2 Å². The Hall–Kier alpha value is -3.15. The van der Waals surface area contributed by atoms with Crippen molar-refractivity contribution < 1.29 is 5.11 Å². The second-order valence-electron chi connectivity index (χ2n) is 7.12. The van der Waals surface area contributed by atoms with Gasteiger partial charge >= 0.3 is 0 Å². The Balaban J connectivity index is 1.78. The predicted octanol–water partition coefficient (Wildman–Crippen LogP) is 4.41. The van der Waals surface area contributed by atoms with Crippen molar-refractivity contribution in [2.75, 3.05) is 0 Å². The minimum atomic E-state index is -0.0395. The zero-order chi connectivity index (χ0) is 18.3. The van der Waals surface area contributed by atoms with Crippen LogP contribution >= 0.6 is 0 Å². The molecule has 4 rings (SSSR count). The van der Waals surface area contributed by atoms with Crippen LogP contribution in [0.15, 0.2) is 42.5 Å². The highest BCUT2D eigenvalue weighted by Gasteiger charge is 2.23. The molecule has 0 unspecified atom stereocenters. The quantitative estimate of drug-likeness (QED) is 0.510. The van der Waals surface area contributed by atoms with Crippen molar-refractivity contribution in [2.45, 2.75) is 32.6 Å². The van der Waals surface area contributed by atoms with Gasteiger partial charge < -0.3 is 5.11 Å². The topological polar surface area (TPSA) is 90.5 Å². The molecule has 0 spiro atoms. The molecule has 0 fully saturated rings. The van der Waals surface area contributed by atoms with Gasteiger partial charge in [-0.05, 0) is 48.9 Å².